The molecule has 2 bridgehead atoms. The molecule has 0 amide bonds. The van der Waals surface area contributed by atoms with Crippen LogP contribution in [0, 0.1) is 40.4 Å². The van der Waals surface area contributed by atoms with E-state index in [0.717, 1.165) is 36.0 Å². The van der Waals surface area contributed by atoms with Crippen LogP contribution in [0.5, 0.6) is 5.75 Å². The molecule has 7 rings (SSSR count). The standard InChI is InChI=1S/C43H54O18S2/c1-22(2)17-34(45)55-37-36(57-63-61-59-51)35(56-62-60-58-50)32(21-52-40(49)26-7-5-24(6-8-26)25-9-12-28(44)13-10-25)54-41(37)53-29-18-30(39(47)48)31-15-16-43-19-27(23(3)38(43)46)11-14-33(43)42(31,4)20-29/h5-10,12-13,22,27,29-33,35-38,41,44,46,50-51H,3,11,14-21H2,1-2,4H3,(H,47,48)/p-2/t27?,29?,30?,31?,32-,33?,35+,36+,37?,38-,41+,42?,43?/m0/s1. The van der Waals surface area contributed by atoms with Gasteiger partial charge in [-0.25, -0.2) is 4.79 Å². The van der Waals surface area contributed by atoms with E-state index in [0.29, 0.717) is 19.3 Å². The number of aromatic hydroxyl groups is 1. The monoisotopic (exact) mass is 920 g/mol. The molecule has 346 valence electrons. The maximum absolute atomic E-state index is 13.5. The Morgan fingerprint density at radius 1 is 0.921 bits per heavy atom. The van der Waals surface area contributed by atoms with Crippen molar-refractivity contribution in [3.05, 3.63) is 66.2 Å². The second kappa shape index (κ2) is 20.4. The van der Waals surface area contributed by atoms with Gasteiger partial charge in [0.2, 0.25) is 0 Å². The Balaban J connectivity index is 1.19. The van der Waals surface area contributed by atoms with Crippen molar-refractivity contribution >= 4 is 42.6 Å². The summed E-state index contributed by atoms with van der Waals surface area (Å²) in [6, 6.07) is 13.0. The van der Waals surface area contributed by atoms with E-state index in [-0.39, 0.29) is 72.5 Å². The molecule has 0 radical (unpaired) electrons. The van der Waals surface area contributed by atoms with E-state index < -0.39 is 84.2 Å². The number of carboxylic acids is 1. The molecule has 1 heterocycles. The largest absolute Gasteiger partial charge is 0.691 e. The van der Waals surface area contributed by atoms with E-state index >= 15 is 0 Å². The molecule has 5 aliphatic rings. The zero-order valence-corrected chi connectivity index (χ0v) is 36.5. The number of hydrogen-bond donors (Lipinski definition) is 3. The number of rotatable bonds is 18. The summed E-state index contributed by atoms with van der Waals surface area (Å²) in [4.78, 5) is 40.0. The number of carbonyl (C=O) groups excluding carboxylic acids is 2. The predicted molar refractivity (Wildman–Crippen MR) is 216 cm³/mol. The van der Waals surface area contributed by atoms with Crippen molar-refractivity contribution in [2.24, 2.45) is 40.4 Å². The van der Waals surface area contributed by atoms with Gasteiger partial charge in [0.05, 0.1) is 23.7 Å². The number of hydrogen-bond acceptors (Lipinski definition) is 19. The van der Waals surface area contributed by atoms with E-state index in [1.807, 2.05) is 0 Å². The highest BCUT2D eigenvalue weighted by Crippen LogP contribution is 2.70. The molecule has 18 nitrogen and oxygen atoms in total. The van der Waals surface area contributed by atoms with Gasteiger partial charge in [0.15, 0.2) is 37.0 Å². The molecular weight excluding hydrogens is 869 g/mol. The summed E-state index contributed by atoms with van der Waals surface area (Å²) < 4.78 is 45.3. The number of fused-ring (bicyclic) bond motifs is 3. The summed E-state index contributed by atoms with van der Waals surface area (Å²) >= 11 is 0.136. The Hall–Kier alpha value is -3.35. The third-order valence-electron chi connectivity index (χ3n) is 14.0. The van der Waals surface area contributed by atoms with Crippen LogP contribution in [0.2, 0.25) is 0 Å². The molecule has 20 heteroatoms. The van der Waals surface area contributed by atoms with E-state index in [9.17, 15) is 40.2 Å². The van der Waals surface area contributed by atoms with Crippen molar-refractivity contribution in [1.82, 2.24) is 0 Å². The average molecular weight is 921 g/mol. The molecule has 63 heavy (non-hydrogen) atoms. The molecular formula is C43H52O18S2-2. The first kappa shape index (κ1) is 47.6. The maximum atomic E-state index is 13.5. The number of esters is 2. The summed E-state index contributed by atoms with van der Waals surface area (Å²) in [5, 5.41) is 60.7. The Labute approximate surface area is 372 Å². The lowest BCUT2D eigenvalue weighted by molar-refractivity contribution is -0.778. The van der Waals surface area contributed by atoms with Gasteiger partial charge in [-0.15, -0.1) is 8.67 Å². The fraction of sp³-hybridized carbons (Fsp3) is 0.605. The molecule has 2 aromatic rings. The van der Waals surface area contributed by atoms with E-state index in [1.165, 1.54) is 0 Å². The first-order chi connectivity index (χ1) is 30.2. The Kier molecular flexibility index (Phi) is 15.4. The lowest BCUT2D eigenvalue weighted by Gasteiger charge is -2.62. The molecule has 4 saturated carbocycles. The molecule has 5 fully saturated rings. The minimum atomic E-state index is -1.53. The van der Waals surface area contributed by atoms with Gasteiger partial charge in [-0.1, -0.05) is 51.6 Å². The second-order valence-corrected chi connectivity index (χ2v) is 18.8. The number of carboxylic acid groups (broad SMARTS) is 1. The van der Waals surface area contributed by atoms with Gasteiger partial charge in [-0.05, 0) is 115 Å². The van der Waals surface area contributed by atoms with E-state index in [4.69, 9.17) is 27.3 Å². The fourth-order valence-corrected chi connectivity index (χ4v) is 12.1. The first-order valence-electron chi connectivity index (χ1n) is 20.9. The fourth-order valence-electron chi connectivity index (χ4n) is 11.4. The normalized spacial score (nSPS) is 34.8. The van der Waals surface area contributed by atoms with Crippen LogP contribution in [-0.4, -0.2) is 82.7 Å². The number of phenols is 1. The SMILES string of the molecule is C=C1C2CCC3C4(C)CC(O[C@@H]5O[C@@H](COC(=O)c6ccc(-c7ccc(O)cc7)cc6)[C@@H](OSOO[O-])[C@@H](OSOO[O-])C5OC(=O)CC(C)C)CC(C(=O)O)C4CCC3(C2)[C@H]1O. The van der Waals surface area contributed by atoms with Gasteiger partial charge in [-0.3, -0.25) is 28.0 Å². The Morgan fingerprint density at radius 2 is 1.57 bits per heavy atom. The lowest BCUT2D eigenvalue weighted by Crippen LogP contribution is -2.63. The summed E-state index contributed by atoms with van der Waals surface area (Å²) in [5.41, 5.74) is 1.53. The number of aliphatic hydroxyl groups excluding tert-OH is 1. The summed E-state index contributed by atoms with van der Waals surface area (Å²) in [5.74, 6) is -3.36. The molecule has 0 aromatic heterocycles. The van der Waals surface area contributed by atoms with Crippen molar-refractivity contribution in [2.45, 2.75) is 115 Å². The van der Waals surface area contributed by atoms with E-state index in [2.05, 4.69) is 32.2 Å². The number of ether oxygens (including phenoxy) is 4. The summed E-state index contributed by atoms with van der Waals surface area (Å²) in [7, 11) is 0. The highest BCUT2D eigenvalue weighted by atomic mass is 32.2. The summed E-state index contributed by atoms with van der Waals surface area (Å²) in [6.45, 7) is 9.40. The zero-order valence-electron chi connectivity index (χ0n) is 34.9. The van der Waals surface area contributed by atoms with Gasteiger partial charge < -0.3 is 44.8 Å². The Morgan fingerprint density at radius 3 is 2.21 bits per heavy atom. The van der Waals surface area contributed by atoms with Gasteiger partial charge in [0, 0.05) is 11.8 Å². The molecule has 1 saturated heterocycles. The van der Waals surface area contributed by atoms with Gasteiger partial charge in [-0.2, -0.15) is 0 Å². The number of phenolic OH excluding ortho intramolecular Hbond substituents is 1. The van der Waals surface area contributed by atoms with Gasteiger partial charge in [0.25, 0.3) is 0 Å². The third-order valence-corrected chi connectivity index (χ3v) is 14.8. The predicted octanol–water partition coefficient (Wildman–Crippen LogP) is 4.87. The zero-order chi connectivity index (χ0) is 45.1. The lowest BCUT2D eigenvalue weighted by atomic mass is 9.43. The summed E-state index contributed by atoms with van der Waals surface area (Å²) in [6.07, 6.45) is -4.70. The minimum Gasteiger partial charge on any atom is -0.691 e. The smallest absolute Gasteiger partial charge is 0.338 e. The van der Waals surface area contributed by atoms with Gasteiger partial charge in [0.1, 0.15) is 30.7 Å². The van der Waals surface area contributed by atoms with E-state index in [1.54, 1.807) is 62.4 Å². The van der Waals surface area contributed by atoms with Crippen LogP contribution in [0.25, 0.3) is 11.1 Å². The topological polar surface area (TPSA) is 250 Å². The van der Waals surface area contributed by atoms with Crippen LogP contribution in [0.15, 0.2) is 60.7 Å². The van der Waals surface area contributed by atoms with Crippen molar-refractivity contribution in [3.63, 3.8) is 0 Å². The van der Waals surface area contributed by atoms with Crippen LogP contribution in [0.3, 0.4) is 0 Å². The van der Waals surface area contributed by atoms with Crippen LogP contribution in [-0.2, 0) is 55.6 Å². The van der Waals surface area contributed by atoms with Crippen LogP contribution in [0.1, 0.15) is 82.5 Å². The van der Waals surface area contributed by atoms with Gasteiger partial charge >= 0.3 is 17.9 Å². The van der Waals surface area contributed by atoms with Crippen molar-refractivity contribution < 1.29 is 86.3 Å². The highest BCUT2D eigenvalue weighted by molar-refractivity contribution is 7.90. The number of benzene rings is 2. The quantitative estimate of drug-likeness (QED) is 0.0343. The minimum absolute atomic E-state index is 0.0356. The molecule has 8 unspecified atom stereocenters. The highest BCUT2D eigenvalue weighted by Gasteiger charge is 2.67. The number of carbonyl (C=O) groups is 3. The van der Waals surface area contributed by atoms with Crippen molar-refractivity contribution in [3.8, 4) is 16.9 Å². The second-order valence-electron chi connectivity index (χ2n) is 17.9. The number of aliphatic hydroxyl groups is 1. The Bertz CT molecular complexity index is 1920. The third kappa shape index (κ3) is 10.1. The molecule has 13 atom stereocenters. The van der Waals surface area contributed by atoms with Crippen molar-refractivity contribution in [2.75, 3.05) is 6.61 Å². The maximum Gasteiger partial charge on any atom is 0.338 e. The van der Waals surface area contributed by atoms with Crippen LogP contribution in [0.4, 0.5) is 0 Å². The molecule has 1 aliphatic heterocycles. The molecule has 2 aromatic carbocycles. The molecule has 1 spiro atoms. The average Bonchev–Trinajstić information content (AvgIpc) is 3.42. The number of aliphatic carboxylic acids is 1. The molecule has 4 aliphatic carbocycles. The van der Waals surface area contributed by atoms with Crippen LogP contribution < -0.4 is 10.5 Å². The molecule has 3 N–H and O–H groups in total. The van der Waals surface area contributed by atoms with Crippen molar-refractivity contribution in [1.29, 1.82) is 0 Å². The first-order valence-corrected chi connectivity index (χ1v) is 22.3. The van der Waals surface area contributed by atoms with Crippen LogP contribution >= 0.6 is 24.6 Å².